The molecule has 0 spiro atoms. The van der Waals surface area contributed by atoms with E-state index in [1.807, 2.05) is 18.7 Å². The van der Waals surface area contributed by atoms with E-state index in [0.717, 1.165) is 17.3 Å². The van der Waals surface area contributed by atoms with Crippen molar-refractivity contribution in [3.05, 3.63) is 0 Å². The van der Waals surface area contributed by atoms with E-state index in [0.29, 0.717) is 6.61 Å². The van der Waals surface area contributed by atoms with E-state index in [1.165, 1.54) is 11.4 Å². The molecule has 0 bridgehead atoms. The molecule has 74 valence electrons. The van der Waals surface area contributed by atoms with Gasteiger partial charge in [-0.1, -0.05) is 18.3 Å². The molecule has 0 aromatic heterocycles. The highest BCUT2D eigenvalue weighted by Crippen LogP contribution is 2.55. The first kappa shape index (κ1) is 13.3. The molecule has 1 N–H and O–H groups in total. The minimum Gasteiger partial charge on any atom is -0.337 e. The second kappa shape index (κ2) is 7.65. The van der Waals surface area contributed by atoms with Crippen LogP contribution in [-0.4, -0.2) is 28.8 Å². The fourth-order valence-electron chi connectivity index (χ4n) is 0.556. The summed E-state index contributed by atoms with van der Waals surface area (Å²) >= 11 is 8.12. The Kier molecular flexibility index (Phi) is 8.46. The van der Waals surface area contributed by atoms with E-state index >= 15 is 0 Å². The summed E-state index contributed by atoms with van der Waals surface area (Å²) in [5.41, 5.74) is -2.50. The van der Waals surface area contributed by atoms with Gasteiger partial charge in [-0.2, -0.15) is 11.8 Å². The molecule has 0 heterocycles. The molecule has 6 heteroatoms. The van der Waals surface area contributed by atoms with Gasteiger partial charge in [0.15, 0.2) is 0 Å². The molecule has 0 aromatic rings. The fourth-order valence-corrected chi connectivity index (χ4v) is 5.14. The van der Waals surface area contributed by atoms with Gasteiger partial charge in [-0.3, -0.25) is 0 Å². The lowest BCUT2D eigenvalue weighted by atomic mass is 10.9. The molecular weight excluding hydrogens is 231 g/mol. The second-order valence-electron chi connectivity index (χ2n) is 1.92. The number of hydrogen-bond acceptors (Lipinski definition) is 4. The zero-order valence-electron chi connectivity index (χ0n) is 7.36. The maximum atomic E-state index is 9.47. The van der Waals surface area contributed by atoms with Crippen LogP contribution >= 0.6 is 28.8 Å². The minimum absolute atomic E-state index is 0.502. The van der Waals surface area contributed by atoms with Gasteiger partial charge >= 0.3 is 0 Å². The fraction of sp³-hybridized carbons (Fsp3) is 1.00. The second-order valence-corrected chi connectivity index (χ2v) is 9.61. The Bertz CT molecular complexity index is 154. The molecule has 2 nitrogen and oxygen atoms in total. The molecule has 0 amide bonds. The Morgan fingerprint density at radius 2 is 2.08 bits per heavy atom. The van der Waals surface area contributed by atoms with Crippen LogP contribution < -0.4 is 0 Å². The maximum Gasteiger partial charge on any atom is 0.244 e. The van der Waals surface area contributed by atoms with Crippen LogP contribution in [0.5, 0.6) is 0 Å². The van der Waals surface area contributed by atoms with Crippen molar-refractivity contribution in [3.8, 4) is 0 Å². The maximum absolute atomic E-state index is 9.47. The van der Waals surface area contributed by atoms with Gasteiger partial charge in [0.2, 0.25) is 5.69 Å². The molecule has 0 aromatic carbocycles. The van der Waals surface area contributed by atoms with Crippen molar-refractivity contribution < 1.29 is 9.42 Å². The van der Waals surface area contributed by atoms with Gasteiger partial charge in [-0.25, -0.2) is 0 Å². The Balaban J connectivity index is 3.41. The highest BCUT2D eigenvalue weighted by molar-refractivity contribution is 8.67. The first-order valence-corrected chi connectivity index (χ1v) is 9.24. The predicted molar refractivity (Wildman–Crippen MR) is 63.6 cm³/mol. The molecule has 1 atom stereocenters. The summed E-state index contributed by atoms with van der Waals surface area (Å²) in [7, 11) is 0. The van der Waals surface area contributed by atoms with Crippen LogP contribution in [-0.2, 0) is 16.3 Å². The van der Waals surface area contributed by atoms with Gasteiger partial charge in [0.05, 0.1) is 6.61 Å². The molecule has 0 rings (SSSR count). The van der Waals surface area contributed by atoms with Crippen molar-refractivity contribution in [3.63, 3.8) is 0 Å². The third-order valence-corrected chi connectivity index (χ3v) is 6.54. The summed E-state index contributed by atoms with van der Waals surface area (Å²) < 4.78 is 5.04. The standard InChI is InChI=1S/C6H15O2PS3/c1-3-8-9(7,10)12-6-5-11-4-2/h3-6H2,1-2H3,(H,7,10). The average Bonchev–Trinajstić information content (AvgIpc) is 1.98. The van der Waals surface area contributed by atoms with E-state index in [4.69, 9.17) is 16.3 Å². The van der Waals surface area contributed by atoms with Crippen molar-refractivity contribution in [2.24, 2.45) is 0 Å². The van der Waals surface area contributed by atoms with Crippen molar-refractivity contribution in [1.29, 1.82) is 0 Å². The molecule has 0 radical (unpaired) electrons. The third kappa shape index (κ3) is 7.90. The molecule has 0 aliphatic heterocycles. The molecule has 0 saturated carbocycles. The zero-order valence-corrected chi connectivity index (χ0v) is 10.7. The number of rotatable bonds is 7. The largest absolute Gasteiger partial charge is 0.337 e. The quantitative estimate of drug-likeness (QED) is 0.551. The lowest BCUT2D eigenvalue weighted by Gasteiger charge is -2.12. The van der Waals surface area contributed by atoms with Gasteiger partial charge in [0.1, 0.15) is 0 Å². The van der Waals surface area contributed by atoms with Crippen molar-refractivity contribution in [2.45, 2.75) is 13.8 Å². The molecule has 0 aliphatic carbocycles. The molecule has 0 aliphatic rings. The summed E-state index contributed by atoms with van der Waals surface area (Å²) in [4.78, 5) is 9.47. The van der Waals surface area contributed by atoms with Gasteiger partial charge in [-0.05, 0) is 24.5 Å². The molecular formula is C6H15O2PS3. The highest BCUT2D eigenvalue weighted by atomic mass is 32.9. The average molecular weight is 246 g/mol. The third-order valence-electron chi connectivity index (χ3n) is 0.978. The normalized spacial score (nSPS) is 15.9. The predicted octanol–water partition coefficient (Wildman–Crippen LogP) is 2.73. The SMILES string of the molecule is CCOP(O)(=S)SCCSCC. The van der Waals surface area contributed by atoms with Crippen LogP contribution in [0.25, 0.3) is 0 Å². The first-order chi connectivity index (χ1) is 5.62. The monoisotopic (exact) mass is 246 g/mol. The van der Waals surface area contributed by atoms with Gasteiger partial charge < -0.3 is 9.42 Å². The van der Waals surface area contributed by atoms with E-state index in [9.17, 15) is 4.89 Å². The summed E-state index contributed by atoms with van der Waals surface area (Å²) in [5, 5.41) is 0. The first-order valence-electron chi connectivity index (χ1n) is 3.82. The van der Waals surface area contributed by atoms with Crippen molar-refractivity contribution >= 4 is 40.6 Å². The van der Waals surface area contributed by atoms with Crippen LogP contribution in [0, 0.1) is 0 Å². The lowest BCUT2D eigenvalue weighted by molar-refractivity contribution is 0.341. The van der Waals surface area contributed by atoms with E-state index < -0.39 is 5.69 Å². The van der Waals surface area contributed by atoms with Crippen molar-refractivity contribution in [2.75, 3.05) is 23.9 Å². The summed E-state index contributed by atoms with van der Waals surface area (Å²) in [6.07, 6.45) is 0. The summed E-state index contributed by atoms with van der Waals surface area (Å²) in [6.45, 7) is 4.47. The topological polar surface area (TPSA) is 29.5 Å². The zero-order chi connectivity index (χ0) is 9.45. The van der Waals surface area contributed by atoms with Crippen LogP contribution in [0.4, 0.5) is 0 Å². The van der Waals surface area contributed by atoms with Crippen molar-refractivity contribution in [1.82, 2.24) is 0 Å². The molecule has 0 fully saturated rings. The number of hydrogen-bond donors (Lipinski definition) is 1. The van der Waals surface area contributed by atoms with Crippen LogP contribution in [0.15, 0.2) is 0 Å². The van der Waals surface area contributed by atoms with Crippen LogP contribution in [0.2, 0.25) is 0 Å². The lowest BCUT2D eigenvalue weighted by Crippen LogP contribution is -1.88. The van der Waals surface area contributed by atoms with E-state index in [-0.39, 0.29) is 0 Å². The van der Waals surface area contributed by atoms with Crippen LogP contribution in [0.1, 0.15) is 13.8 Å². The Labute approximate surface area is 87.8 Å². The molecule has 12 heavy (non-hydrogen) atoms. The Morgan fingerprint density at radius 1 is 1.42 bits per heavy atom. The Hall–Kier alpha value is 1.27. The van der Waals surface area contributed by atoms with Gasteiger partial charge in [0, 0.05) is 11.5 Å². The summed E-state index contributed by atoms with van der Waals surface area (Å²) in [6, 6.07) is 0. The van der Waals surface area contributed by atoms with E-state index in [1.54, 1.807) is 0 Å². The summed E-state index contributed by atoms with van der Waals surface area (Å²) in [5.74, 6) is 3.03. The molecule has 1 unspecified atom stereocenters. The minimum atomic E-state index is -2.50. The molecule has 0 saturated heterocycles. The van der Waals surface area contributed by atoms with Gasteiger partial charge in [-0.15, -0.1) is 0 Å². The van der Waals surface area contributed by atoms with E-state index in [2.05, 4.69) is 6.92 Å². The van der Waals surface area contributed by atoms with Crippen LogP contribution in [0.3, 0.4) is 0 Å². The number of thioether (sulfide) groups is 1. The Morgan fingerprint density at radius 3 is 2.58 bits per heavy atom. The smallest absolute Gasteiger partial charge is 0.244 e. The highest BCUT2D eigenvalue weighted by Gasteiger charge is 2.12. The van der Waals surface area contributed by atoms with Gasteiger partial charge in [0.25, 0.3) is 0 Å².